The van der Waals surface area contributed by atoms with E-state index in [0.717, 1.165) is 49.7 Å². The molecule has 6 nitrogen and oxygen atoms in total. The molecule has 0 spiro atoms. The van der Waals surface area contributed by atoms with Gasteiger partial charge in [-0.2, -0.15) is 0 Å². The van der Waals surface area contributed by atoms with Crippen LogP contribution in [0, 0.1) is 0 Å². The topological polar surface area (TPSA) is 64.3 Å². The van der Waals surface area contributed by atoms with Crippen LogP contribution in [0.3, 0.4) is 0 Å². The van der Waals surface area contributed by atoms with E-state index in [1.54, 1.807) is 19.5 Å². The summed E-state index contributed by atoms with van der Waals surface area (Å²) < 4.78 is 11.3. The van der Waals surface area contributed by atoms with Gasteiger partial charge in [-0.05, 0) is 49.2 Å². The minimum absolute atomic E-state index is 0.271. The molecular formula is C20H22N4O2. The Morgan fingerprint density at radius 3 is 3.04 bits per heavy atom. The van der Waals surface area contributed by atoms with Crippen molar-refractivity contribution in [2.45, 2.75) is 25.3 Å². The smallest absolute Gasteiger partial charge is 0.249 e. The van der Waals surface area contributed by atoms with E-state index in [2.05, 4.69) is 32.2 Å². The number of benzene rings is 1. The van der Waals surface area contributed by atoms with Crippen molar-refractivity contribution in [2.75, 3.05) is 20.2 Å². The van der Waals surface area contributed by atoms with Gasteiger partial charge in [0.15, 0.2) is 0 Å². The third-order valence-corrected chi connectivity index (χ3v) is 4.74. The minimum Gasteiger partial charge on any atom is -0.497 e. The predicted octanol–water partition coefficient (Wildman–Crippen LogP) is 3.52. The van der Waals surface area contributed by atoms with E-state index < -0.39 is 0 Å². The molecule has 26 heavy (non-hydrogen) atoms. The molecule has 4 rings (SSSR count). The van der Waals surface area contributed by atoms with Crippen LogP contribution in [0.4, 0.5) is 0 Å². The zero-order chi connectivity index (χ0) is 17.8. The van der Waals surface area contributed by atoms with E-state index in [1.165, 1.54) is 5.56 Å². The first-order valence-corrected chi connectivity index (χ1v) is 8.91. The monoisotopic (exact) mass is 350 g/mol. The van der Waals surface area contributed by atoms with Gasteiger partial charge in [0.1, 0.15) is 5.75 Å². The number of ether oxygens (including phenoxy) is 1. The van der Waals surface area contributed by atoms with Crippen LogP contribution < -0.4 is 4.74 Å². The van der Waals surface area contributed by atoms with E-state index in [1.807, 2.05) is 24.3 Å². The Kier molecular flexibility index (Phi) is 4.93. The van der Waals surface area contributed by atoms with Crippen molar-refractivity contribution < 1.29 is 9.15 Å². The van der Waals surface area contributed by atoms with Gasteiger partial charge in [-0.3, -0.25) is 9.88 Å². The van der Waals surface area contributed by atoms with Crippen molar-refractivity contribution in [1.82, 2.24) is 20.1 Å². The molecule has 0 N–H and O–H groups in total. The lowest BCUT2D eigenvalue weighted by molar-refractivity contribution is 0.186. The third-order valence-electron chi connectivity index (χ3n) is 4.74. The molecule has 2 aromatic heterocycles. The number of likely N-dealkylation sites (tertiary alicyclic amines) is 1. The normalized spacial score (nSPS) is 18.0. The second-order valence-corrected chi connectivity index (χ2v) is 6.61. The average Bonchev–Trinajstić information content (AvgIpc) is 3.19. The molecule has 1 fully saturated rings. The first-order valence-electron chi connectivity index (χ1n) is 8.91. The molecule has 0 amide bonds. The fourth-order valence-electron chi connectivity index (χ4n) is 3.44. The molecule has 1 atom stereocenters. The maximum atomic E-state index is 5.94. The van der Waals surface area contributed by atoms with Gasteiger partial charge in [-0.15, -0.1) is 10.2 Å². The number of methoxy groups -OCH3 is 1. The number of hydrogen-bond acceptors (Lipinski definition) is 6. The van der Waals surface area contributed by atoms with Crippen LogP contribution in [0.2, 0.25) is 0 Å². The lowest BCUT2D eigenvalue weighted by Crippen LogP contribution is -2.34. The number of piperidine rings is 1. The molecule has 0 saturated carbocycles. The summed E-state index contributed by atoms with van der Waals surface area (Å²) in [6.45, 7) is 2.90. The van der Waals surface area contributed by atoms with Gasteiger partial charge in [0, 0.05) is 25.5 Å². The van der Waals surface area contributed by atoms with Crippen LogP contribution >= 0.6 is 0 Å². The summed E-state index contributed by atoms with van der Waals surface area (Å²) in [6.07, 6.45) is 5.67. The molecule has 0 radical (unpaired) electrons. The Morgan fingerprint density at radius 2 is 2.19 bits per heavy atom. The lowest BCUT2D eigenvalue weighted by Gasteiger charge is -2.31. The van der Waals surface area contributed by atoms with Crippen LogP contribution in [0.1, 0.15) is 30.2 Å². The number of nitrogens with zero attached hydrogens (tertiary/aromatic N) is 4. The van der Waals surface area contributed by atoms with Crippen LogP contribution in [0.5, 0.6) is 5.75 Å². The van der Waals surface area contributed by atoms with E-state index in [0.29, 0.717) is 5.89 Å². The summed E-state index contributed by atoms with van der Waals surface area (Å²) in [6, 6.07) is 12.0. The van der Waals surface area contributed by atoms with Crippen LogP contribution in [0.15, 0.2) is 53.2 Å². The molecule has 0 bridgehead atoms. The molecule has 3 heterocycles. The fraction of sp³-hybridized carbons (Fsp3) is 0.350. The van der Waals surface area contributed by atoms with E-state index in [4.69, 9.17) is 9.15 Å². The largest absolute Gasteiger partial charge is 0.497 e. The van der Waals surface area contributed by atoms with Crippen LogP contribution in [-0.4, -0.2) is 40.3 Å². The molecule has 6 heteroatoms. The van der Waals surface area contributed by atoms with Crippen LogP contribution in [-0.2, 0) is 6.54 Å². The summed E-state index contributed by atoms with van der Waals surface area (Å²) in [5.74, 6) is 2.43. The molecule has 0 unspecified atom stereocenters. The van der Waals surface area contributed by atoms with Gasteiger partial charge in [0.2, 0.25) is 11.8 Å². The average molecular weight is 350 g/mol. The molecule has 1 saturated heterocycles. The zero-order valence-corrected chi connectivity index (χ0v) is 14.8. The molecule has 1 aliphatic rings. The Balaban J connectivity index is 1.44. The van der Waals surface area contributed by atoms with Crippen LogP contribution in [0.25, 0.3) is 11.5 Å². The minimum atomic E-state index is 0.271. The van der Waals surface area contributed by atoms with Crippen molar-refractivity contribution in [1.29, 1.82) is 0 Å². The molecule has 0 aliphatic carbocycles. The standard InChI is InChI=1S/C20H22N4O2/c1-25-18-8-2-5-15(11-18)13-24-10-4-7-17(14-24)20-23-22-19(26-20)16-6-3-9-21-12-16/h2-3,5-6,8-9,11-12,17H,4,7,10,13-14H2,1H3/t17-/m0/s1. The zero-order valence-electron chi connectivity index (χ0n) is 14.8. The SMILES string of the molecule is COc1cccc(CN2CCC[C@H](c3nnc(-c4cccnc4)o3)C2)c1. The van der Waals surface area contributed by atoms with E-state index >= 15 is 0 Å². The highest BCUT2D eigenvalue weighted by molar-refractivity contribution is 5.50. The van der Waals surface area contributed by atoms with E-state index in [9.17, 15) is 0 Å². The van der Waals surface area contributed by atoms with Gasteiger partial charge in [-0.1, -0.05) is 12.1 Å². The maximum absolute atomic E-state index is 5.94. The number of pyridine rings is 1. The van der Waals surface area contributed by atoms with Gasteiger partial charge < -0.3 is 9.15 Å². The predicted molar refractivity (Wildman–Crippen MR) is 97.8 cm³/mol. The summed E-state index contributed by atoms with van der Waals surface area (Å²) in [5, 5.41) is 8.50. The van der Waals surface area contributed by atoms with E-state index in [-0.39, 0.29) is 5.92 Å². The second-order valence-electron chi connectivity index (χ2n) is 6.61. The summed E-state index contributed by atoms with van der Waals surface area (Å²) in [5.41, 5.74) is 2.11. The van der Waals surface area contributed by atoms with Gasteiger partial charge in [0.05, 0.1) is 18.6 Å². The van der Waals surface area contributed by atoms with Crippen molar-refractivity contribution in [3.63, 3.8) is 0 Å². The number of hydrogen-bond donors (Lipinski definition) is 0. The third kappa shape index (κ3) is 3.75. The molecule has 1 aromatic carbocycles. The van der Waals surface area contributed by atoms with Crippen molar-refractivity contribution in [3.05, 3.63) is 60.2 Å². The molecule has 3 aromatic rings. The number of aromatic nitrogens is 3. The Morgan fingerprint density at radius 1 is 1.23 bits per heavy atom. The Bertz CT molecular complexity index is 850. The first kappa shape index (κ1) is 16.7. The molecular weight excluding hydrogens is 328 g/mol. The highest BCUT2D eigenvalue weighted by Gasteiger charge is 2.26. The lowest BCUT2D eigenvalue weighted by atomic mass is 9.97. The Hall–Kier alpha value is -2.73. The number of rotatable bonds is 5. The second kappa shape index (κ2) is 7.66. The first-order chi connectivity index (χ1) is 12.8. The highest BCUT2D eigenvalue weighted by Crippen LogP contribution is 2.29. The fourth-order valence-corrected chi connectivity index (χ4v) is 3.44. The van der Waals surface area contributed by atoms with Crippen molar-refractivity contribution in [3.8, 4) is 17.2 Å². The summed E-state index contributed by atoms with van der Waals surface area (Å²) in [7, 11) is 1.70. The molecule has 134 valence electrons. The van der Waals surface area contributed by atoms with Crippen molar-refractivity contribution >= 4 is 0 Å². The van der Waals surface area contributed by atoms with Gasteiger partial charge in [0.25, 0.3) is 0 Å². The Labute approximate surface area is 152 Å². The van der Waals surface area contributed by atoms with Gasteiger partial charge >= 0.3 is 0 Å². The molecule has 1 aliphatic heterocycles. The summed E-state index contributed by atoms with van der Waals surface area (Å²) >= 11 is 0. The maximum Gasteiger partial charge on any atom is 0.249 e. The quantitative estimate of drug-likeness (QED) is 0.701. The van der Waals surface area contributed by atoms with Gasteiger partial charge in [-0.25, -0.2) is 0 Å². The highest BCUT2D eigenvalue weighted by atomic mass is 16.5. The van der Waals surface area contributed by atoms with Crippen molar-refractivity contribution in [2.24, 2.45) is 0 Å². The summed E-state index contributed by atoms with van der Waals surface area (Å²) in [4.78, 5) is 6.55.